The maximum atomic E-state index is 16.3. The van der Waals surface area contributed by atoms with Crippen LogP contribution in [-0.4, -0.2) is 65.0 Å². The maximum Gasteiger partial charge on any atom is 0.261 e. The van der Waals surface area contributed by atoms with Crippen molar-refractivity contribution in [2.24, 2.45) is 11.8 Å². The van der Waals surface area contributed by atoms with Crippen molar-refractivity contribution in [1.29, 1.82) is 0 Å². The fourth-order valence-corrected chi connectivity index (χ4v) is 22.8. The minimum Gasteiger partial charge on any atom is -0.493 e. The van der Waals surface area contributed by atoms with Crippen molar-refractivity contribution in [3.63, 3.8) is 0 Å². The molecule has 0 fully saturated rings. The monoisotopic (exact) mass is 994 g/mol. The molecule has 3 atom stereocenters. The van der Waals surface area contributed by atoms with Crippen molar-refractivity contribution in [2.45, 2.75) is 96.6 Å². The van der Waals surface area contributed by atoms with E-state index in [0.717, 1.165) is 44.4 Å². The minimum absolute atomic E-state index is 0.0847. The Balaban J connectivity index is 1.54. The molecule has 1 aliphatic rings. The van der Waals surface area contributed by atoms with E-state index in [1.54, 1.807) is 14.2 Å². The van der Waals surface area contributed by atoms with Gasteiger partial charge in [0.1, 0.15) is 0 Å². The van der Waals surface area contributed by atoms with Gasteiger partial charge < -0.3 is 32.2 Å². The highest BCUT2D eigenvalue weighted by Crippen LogP contribution is 2.46. The molecular formula is C59H74O8Si3. The lowest BCUT2D eigenvalue weighted by Crippen LogP contribution is -2.68. The smallest absolute Gasteiger partial charge is 0.261 e. The van der Waals surface area contributed by atoms with Gasteiger partial charge in [0.25, 0.3) is 16.6 Å². The predicted octanol–water partition coefficient (Wildman–Crippen LogP) is 11.8. The minimum atomic E-state index is -3.22. The zero-order chi connectivity index (χ0) is 50.2. The highest BCUT2D eigenvalue weighted by atomic mass is 28.4. The van der Waals surface area contributed by atoms with Crippen LogP contribution in [0, 0.1) is 11.8 Å². The predicted molar refractivity (Wildman–Crippen MR) is 292 cm³/mol. The molecule has 370 valence electrons. The molecule has 0 saturated carbocycles. The second-order valence-electron chi connectivity index (χ2n) is 20.5. The van der Waals surface area contributed by atoms with E-state index in [4.69, 9.17) is 32.2 Å². The maximum absolute atomic E-state index is 16.3. The molecule has 0 saturated heterocycles. The van der Waals surface area contributed by atoms with Crippen LogP contribution in [0.2, 0.25) is 28.2 Å². The Hall–Kier alpha value is -5.28. The Kier molecular flexibility index (Phi) is 16.8. The van der Waals surface area contributed by atoms with E-state index in [9.17, 15) is 0 Å². The van der Waals surface area contributed by atoms with Crippen molar-refractivity contribution in [1.82, 2.24) is 0 Å². The van der Waals surface area contributed by atoms with Gasteiger partial charge in [-0.1, -0.05) is 190 Å². The van der Waals surface area contributed by atoms with Crippen molar-refractivity contribution in [3.05, 3.63) is 169 Å². The molecule has 6 aromatic rings. The van der Waals surface area contributed by atoms with Crippen LogP contribution >= 0.6 is 0 Å². The zero-order valence-electron chi connectivity index (χ0n) is 43.3. The summed E-state index contributed by atoms with van der Waals surface area (Å²) in [6.07, 6.45) is -0.629. The number of Topliss-reactive ketones (excluding diaryl/α,β-unsaturated/α-hetero) is 1. The normalized spacial score (nSPS) is 14.4. The molecule has 0 amide bonds. The van der Waals surface area contributed by atoms with Crippen molar-refractivity contribution in [2.75, 3.05) is 34.2 Å². The Morgan fingerprint density at radius 3 is 1.41 bits per heavy atom. The molecular weight excluding hydrogens is 921 g/mol. The molecule has 0 radical (unpaired) electrons. The van der Waals surface area contributed by atoms with E-state index in [1.807, 2.05) is 30.3 Å². The van der Waals surface area contributed by atoms with E-state index in [-0.39, 0.29) is 35.9 Å². The van der Waals surface area contributed by atoms with Gasteiger partial charge in [-0.3, -0.25) is 4.79 Å². The lowest BCUT2D eigenvalue weighted by Gasteiger charge is -2.47. The lowest BCUT2D eigenvalue weighted by molar-refractivity contribution is 0.0261. The molecule has 0 aliphatic carbocycles. The third-order valence-electron chi connectivity index (χ3n) is 14.8. The van der Waals surface area contributed by atoms with Gasteiger partial charge in [0.2, 0.25) is 6.79 Å². The third-order valence-corrected chi connectivity index (χ3v) is 29.4. The number of carbonyl (C=O) groups excluding carboxylic acids is 1. The van der Waals surface area contributed by atoms with Crippen LogP contribution in [0.4, 0.5) is 0 Å². The van der Waals surface area contributed by atoms with Crippen LogP contribution < -0.4 is 39.7 Å². The Bertz CT molecular complexity index is 2520. The highest BCUT2D eigenvalue weighted by Gasteiger charge is 2.54. The van der Waals surface area contributed by atoms with Gasteiger partial charge in [-0.05, 0) is 84.9 Å². The van der Waals surface area contributed by atoms with E-state index in [0.29, 0.717) is 28.6 Å². The number of rotatable bonds is 22. The van der Waals surface area contributed by atoms with Crippen LogP contribution in [0.5, 0.6) is 23.0 Å². The Morgan fingerprint density at radius 1 is 0.543 bits per heavy atom. The van der Waals surface area contributed by atoms with Crippen LogP contribution in [-0.2, 0) is 13.3 Å². The molecule has 0 bridgehead atoms. The summed E-state index contributed by atoms with van der Waals surface area (Å²) >= 11 is 0. The molecule has 0 unspecified atom stereocenters. The number of ether oxygens (including phenoxy) is 4. The number of fused-ring (bicyclic) bond motifs is 1. The molecule has 1 heterocycles. The van der Waals surface area contributed by atoms with E-state index < -0.39 is 42.9 Å². The summed E-state index contributed by atoms with van der Waals surface area (Å²) in [5.74, 6) is 0.873. The molecule has 8 nitrogen and oxygen atoms in total. The number of ketones is 1. The molecule has 7 rings (SSSR count). The Labute approximate surface area is 421 Å². The summed E-state index contributed by atoms with van der Waals surface area (Å²) in [7, 11) is -5.60. The number of methoxy groups -OCH3 is 2. The molecule has 6 aromatic carbocycles. The first-order valence-corrected chi connectivity index (χ1v) is 31.3. The second-order valence-corrected chi connectivity index (χ2v) is 33.9. The molecule has 70 heavy (non-hydrogen) atoms. The molecule has 0 spiro atoms. The quantitative estimate of drug-likeness (QED) is 0.0491. The van der Waals surface area contributed by atoms with Gasteiger partial charge in [-0.25, -0.2) is 0 Å². The highest BCUT2D eigenvalue weighted by molar-refractivity contribution is 7.00. The van der Waals surface area contributed by atoms with Crippen LogP contribution in [0.15, 0.2) is 158 Å². The van der Waals surface area contributed by atoms with Crippen molar-refractivity contribution >= 4 is 51.5 Å². The van der Waals surface area contributed by atoms with Crippen molar-refractivity contribution < 1.29 is 37.0 Å². The standard InChI is InChI=1S/C59H74O8Si3/c1-12-68(13-2,14-3)67-57(45-36-37-52(61-10)54(40-45)62-11)51(42-66-70(59(7,8)9,48-31-23-17-24-32-48)49-33-25-18-26-34-49)50(56(60)44-35-38-53-55(39-44)64-43-63-53)41-65-69(58(4,5)6,46-27-19-15-20-28-46)47-29-21-16-22-30-47/h15-40,50-51,57H,12-14,41-43H2,1-11H3/t50-,51-,57+/m1/s1. The molecule has 11 heteroatoms. The summed E-state index contributed by atoms with van der Waals surface area (Å²) in [5, 5.41) is 3.85. The number of carbonyl (C=O) groups is 1. The van der Waals surface area contributed by atoms with Crippen LogP contribution in [0.1, 0.15) is 84.3 Å². The number of hydrogen-bond acceptors (Lipinski definition) is 8. The van der Waals surface area contributed by atoms with Gasteiger partial charge >= 0.3 is 0 Å². The second kappa shape index (κ2) is 22.4. The Morgan fingerprint density at radius 2 is 0.986 bits per heavy atom. The molecule has 1 aliphatic heterocycles. The summed E-state index contributed by atoms with van der Waals surface area (Å²) in [4.78, 5) is 16.3. The van der Waals surface area contributed by atoms with Crippen LogP contribution in [0.25, 0.3) is 0 Å². The first-order valence-electron chi connectivity index (χ1n) is 25.0. The lowest BCUT2D eigenvalue weighted by atomic mass is 9.80. The largest absolute Gasteiger partial charge is 0.493 e. The van der Waals surface area contributed by atoms with Crippen LogP contribution in [0.3, 0.4) is 0 Å². The first kappa shape index (κ1) is 52.5. The summed E-state index contributed by atoms with van der Waals surface area (Å²) < 4.78 is 47.5. The SMILES string of the molecule is CC[Si](CC)(CC)O[C@@H](c1ccc(OC)c(OC)c1)[C@H](CO[Si](c1ccccc1)(c1ccccc1)C(C)(C)C)[C@@H](CO[Si](c1ccccc1)(c1ccccc1)C(C)(C)C)C(=O)c1ccc2c(c1)OCO2. The van der Waals surface area contributed by atoms with Gasteiger partial charge in [0.15, 0.2) is 37.1 Å². The molecule has 0 N–H and O–H groups in total. The summed E-state index contributed by atoms with van der Waals surface area (Å²) in [5.41, 5.74) is 1.39. The van der Waals surface area contributed by atoms with E-state index in [2.05, 4.69) is 190 Å². The number of benzene rings is 6. The van der Waals surface area contributed by atoms with Gasteiger partial charge in [0.05, 0.1) is 26.2 Å². The van der Waals surface area contributed by atoms with Gasteiger partial charge in [0, 0.05) is 24.7 Å². The van der Waals surface area contributed by atoms with Gasteiger partial charge in [-0.15, -0.1) is 0 Å². The van der Waals surface area contributed by atoms with Crippen molar-refractivity contribution in [3.8, 4) is 23.0 Å². The summed E-state index contributed by atoms with van der Waals surface area (Å²) in [6.45, 7) is 20.8. The topological polar surface area (TPSA) is 81.7 Å². The average Bonchev–Trinajstić information content (AvgIpc) is 3.86. The van der Waals surface area contributed by atoms with E-state index >= 15 is 4.79 Å². The average molecular weight is 995 g/mol. The van der Waals surface area contributed by atoms with E-state index in [1.165, 1.54) is 0 Å². The van der Waals surface area contributed by atoms with Gasteiger partial charge in [-0.2, -0.15) is 0 Å². The molecule has 0 aromatic heterocycles. The fraction of sp³-hybridized carbons (Fsp3) is 0.373. The fourth-order valence-electron chi connectivity index (χ4n) is 10.7. The summed E-state index contributed by atoms with van der Waals surface area (Å²) in [6, 6.07) is 56.9. The first-order chi connectivity index (χ1) is 33.6. The third kappa shape index (κ3) is 10.5. The zero-order valence-corrected chi connectivity index (χ0v) is 46.3. The number of hydrogen-bond donors (Lipinski definition) is 0.